The molecule has 1 heterocycles. The molecule has 6 nitrogen and oxygen atoms in total. The van der Waals surface area contributed by atoms with E-state index in [1.807, 2.05) is 37.3 Å². The number of nitrogens with zero attached hydrogens (tertiary/aromatic N) is 1. The SMILES string of the molecule is Cc1ccc(NC(=O)COc2ccc(S(=O)(=O)N3CCc4ccccc43)cc2Cl)cc1. The third-order valence-electron chi connectivity index (χ3n) is 5.03. The van der Waals surface area contributed by atoms with Crippen LogP contribution in [0.1, 0.15) is 11.1 Å². The smallest absolute Gasteiger partial charge is 0.264 e. The Labute approximate surface area is 186 Å². The van der Waals surface area contributed by atoms with Crippen LogP contribution in [0.25, 0.3) is 0 Å². The quantitative estimate of drug-likeness (QED) is 0.595. The summed E-state index contributed by atoms with van der Waals surface area (Å²) in [5, 5.41) is 2.85. The van der Waals surface area contributed by atoms with E-state index in [2.05, 4.69) is 5.32 Å². The van der Waals surface area contributed by atoms with E-state index in [4.69, 9.17) is 16.3 Å². The van der Waals surface area contributed by atoms with E-state index < -0.39 is 10.0 Å². The van der Waals surface area contributed by atoms with Crippen LogP contribution in [-0.2, 0) is 21.2 Å². The maximum Gasteiger partial charge on any atom is 0.264 e. The lowest BCUT2D eigenvalue weighted by atomic mass is 10.2. The molecule has 0 aromatic heterocycles. The first-order valence-corrected chi connectivity index (χ1v) is 11.6. The maximum absolute atomic E-state index is 13.1. The third-order valence-corrected chi connectivity index (χ3v) is 7.13. The van der Waals surface area contributed by atoms with Gasteiger partial charge in [0.1, 0.15) is 5.75 Å². The van der Waals surface area contributed by atoms with E-state index in [1.165, 1.54) is 22.5 Å². The second-order valence-electron chi connectivity index (χ2n) is 7.25. The van der Waals surface area contributed by atoms with Crippen molar-refractivity contribution in [3.8, 4) is 5.75 Å². The Balaban J connectivity index is 1.44. The number of hydrogen-bond donors (Lipinski definition) is 1. The van der Waals surface area contributed by atoms with E-state index in [9.17, 15) is 13.2 Å². The Morgan fingerprint density at radius 2 is 1.84 bits per heavy atom. The van der Waals surface area contributed by atoms with Gasteiger partial charge in [-0.2, -0.15) is 0 Å². The summed E-state index contributed by atoms with van der Waals surface area (Å²) >= 11 is 6.26. The number of carbonyl (C=O) groups excluding carboxylic acids is 1. The summed E-state index contributed by atoms with van der Waals surface area (Å²) in [6, 6.07) is 19.1. The number of fused-ring (bicyclic) bond motifs is 1. The average molecular weight is 457 g/mol. The maximum atomic E-state index is 13.1. The molecule has 3 aromatic carbocycles. The van der Waals surface area contributed by atoms with Gasteiger partial charge in [-0.15, -0.1) is 0 Å². The van der Waals surface area contributed by atoms with Gasteiger partial charge in [-0.1, -0.05) is 47.5 Å². The van der Waals surface area contributed by atoms with Crippen LogP contribution in [0, 0.1) is 6.92 Å². The number of ether oxygens (including phenoxy) is 1. The molecule has 1 amide bonds. The number of aryl methyl sites for hydroxylation is 1. The van der Waals surface area contributed by atoms with Gasteiger partial charge in [-0.05, 0) is 55.3 Å². The van der Waals surface area contributed by atoms with Crippen LogP contribution in [0.5, 0.6) is 5.75 Å². The van der Waals surface area contributed by atoms with Gasteiger partial charge in [-0.3, -0.25) is 9.10 Å². The Bertz CT molecular complexity index is 1230. The monoisotopic (exact) mass is 456 g/mol. The molecule has 31 heavy (non-hydrogen) atoms. The second-order valence-corrected chi connectivity index (χ2v) is 9.52. The van der Waals surface area contributed by atoms with Crippen molar-refractivity contribution in [1.82, 2.24) is 0 Å². The first-order chi connectivity index (χ1) is 14.8. The zero-order valence-corrected chi connectivity index (χ0v) is 18.4. The molecule has 0 fully saturated rings. The number of benzene rings is 3. The summed E-state index contributed by atoms with van der Waals surface area (Å²) in [4.78, 5) is 12.2. The van der Waals surface area contributed by atoms with Crippen LogP contribution >= 0.6 is 11.6 Å². The predicted molar refractivity (Wildman–Crippen MR) is 121 cm³/mol. The molecule has 1 N–H and O–H groups in total. The molecular formula is C23H21ClN2O4S. The normalized spacial score (nSPS) is 13.0. The topological polar surface area (TPSA) is 75.7 Å². The molecule has 3 aromatic rings. The van der Waals surface area contributed by atoms with Gasteiger partial charge in [0.2, 0.25) is 0 Å². The fourth-order valence-electron chi connectivity index (χ4n) is 3.42. The van der Waals surface area contributed by atoms with E-state index in [0.717, 1.165) is 11.1 Å². The number of amides is 1. The Hall–Kier alpha value is -3.03. The van der Waals surface area contributed by atoms with Gasteiger partial charge in [0.05, 0.1) is 15.6 Å². The molecule has 160 valence electrons. The molecule has 1 aliphatic rings. The van der Waals surface area contributed by atoms with Crippen molar-refractivity contribution in [3.05, 3.63) is 82.9 Å². The molecule has 8 heteroatoms. The Morgan fingerprint density at radius 1 is 1.10 bits per heavy atom. The minimum Gasteiger partial charge on any atom is -0.482 e. The largest absolute Gasteiger partial charge is 0.482 e. The van der Waals surface area contributed by atoms with Crippen molar-refractivity contribution in [2.75, 3.05) is 22.8 Å². The van der Waals surface area contributed by atoms with E-state index in [1.54, 1.807) is 18.2 Å². The highest BCUT2D eigenvalue weighted by Gasteiger charge is 2.31. The zero-order chi connectivity index (χ0) is 22.0. The van der Waals surface area contributed by atoms with E-state index >= 15 is 0 Å². The molecule has 0 saturated carbocycles. The van der Waals surface area contributed by atoms with Crippen molar-refractivity contribution >= 4 is 38.9 Å². The molecule has 0 aliphatic carbocycles. The minimum absolute atomic E-state index is 0.0747. The number of hydrogen-bond acceptors (Lipinski definition) is 4. The molecule has 0 unspecified atom stereocenters. The van der Waals surface area contributed by atoms with Crippen LogP contribution in [0.3, 0.4) is 0 Å². The Morgan fingerprint density at radius 3 is 2.58 bits per heavy atom. The highest BCUT2D eigenvalue weighted by Crippen LogP contribution is 2.35. The standard InChI is InChI=1S/C23H21ClN2O4S/c1-16-6-8-18(9-7-16)25-23(27)15-30-22-11-10-19(14-20(22)24)31(28,29)26-13-12-17-4-2-3-5-21(17)26/h2-11,14H,12-13,15H2,1H3,(H,25,27). The highest BCUT2D eigenvalue weighted by atomic mass is 35.5. The first-order valence-electron chi connectivity index (χ1n) is 9.74. The molecule has 0 spiro atoms. The summed E-state index contributed by atoms with van der Waals surface area (Å²) in [5.74, 6) is -0.105. The summed E-state index contributed by atoms with van der Waals surface area (Å²) in [6.45, 7) is 2.10. The fourth-order valence-corrected chi connectivity index (χ4v) is 5.25. The number of carbonyl (C=O) groups is 1. The van der Waals surface area contributed by atoms with Crippen LogP contribution in [-0.4, -0.2) is 27.5 Å². The number of para-hydroxylation sites is 1. The molecule has 0 saturated heterocycles. The summed E-state index contributed by atoms with van der Waals surface area (Å²) < 4.78 is 33.1. The number of anilines is 2. The minimum atomic E-state index is -3.75. The van der Waals surface area contributed by atoms with Crippen molar-refractivity contribution in [1.29, 1.82) is 0 Å². The lowest BCUT2D eigenvalue weighted by Crippen LogP contribution is -2.29. The van der Waals surface area contributed by atoms with Crippen molar-refractivity contribution in [3.63, 3.8) is 0 Å². The number of nitrogens with one attached hydrogen (secondary N) is 1. The van der Waals surface area contributed by atoms with Gasteiger partial charge < -0.3 is 10.1 Å². The van der Waals surface area contributed by atoms with Crippen LogP contribution in [0.15, 0.2) is 71.6 Å². The highest BCUT2D eigenvalue weighted by molar-refractivity contribution is 7.92. The van der Waals surface area contributed by atoms with Gasteiger partial charge in [0.25, 0.3) is 15.9 Å². The van der Waals surface area contributed by atoms with Crippen LogP contribution in [0.4, 0.5) is 11.4 Å². The van der Waals surface area contributed by atoms with Crippen molar-refractivity contribution in [2.24, 2.45) is 0 Å². The third kappa shape index (κ3) is 4.52. The van der Waals surface area contributed by atoms with E-state index in [0.29, 0.717) is 24.3 Å². The number of sulfonamides is 1. The molecule has 1 aliphatic heterocycles. The second kappa shape index (κ2) is 8.61. The van der Waals surface area contributed by atoms with Crippen LogP contribution < -0.4 is 14.4 Å². The fraction of sp³-hybridized carbons (Fsp3) is 0.174. The molecule has 0 radical (unpaired) electrons. The number of halogens is 1. The first kappa shape index (κ1) is 21.2. The van der Waals surface area contributed by atoms with Gasteiger partial charge in [-0.25, -0.2) is 8.42 Å². The summed E-state index contributed by atoms with van der Waals surface area (Å²) in [5.41, 5.74) is 3.44. The summed E-state index contributed by atoms with van der Waals surface area (Å²) in [6.07, 6.45) is 0.667. The van der Waals surface area contributed by atoms with Crippen molar-refractivity contribution in [2.45, 2.75) is 18.2 Å². The zero-order valence-electron chi connectivity index (χ0n) is 16.8. The van der Waals surface area contributed by atoms with E-state index in [-0.39, 0.29) is 28.2 Å². The molecule has 0 atom stereocenters. The van der Waals surface area contributed by atoms with Gasteiger partial charge >= 0.3 is 0 Å². The average Bonchev–Trinajstić information content (AvgIpc) is 3.19. The Kier molecular flexibility index (Phi) is 5.89. The molecule has 0 bridgehead atoms. The number of rotatable bonds is 6. The summed E-state index contributed by atoms with van der Waals surface area (Å²) in [7, 11) is -3.75. The van der Waals surface area contributed by atoms with Gasteiger partial charge in [0, 0.05) is 12.2 Å². The lowest BCUT2D eigenvalue weighted by molar-refractivity contribution is -0.118. The lowest BCUT2D eigenvalue weighted by Gasteiger charge is -2.20. The molecule has 4 rings (SSSR count). The van der Waals surface area contributed by atoms with Crippen molar-refractivity contribution < 1.29 is 17.9 Å². The van der Waals surface area contributed by atoms with Crippen LogP contribution in [0.2, 0.25) is 5.02 Å². The predicted octanol–water partition coefficient (Wildman–Crippen LogP) is 4.42. The van der Waals surface area contributed by atoms with Gasteiger partial charge in [0.15, 0.2) is 6.61 Å². The molecular weight excluding hydrogens is 436 g/mol.